The van der Waals surface area contributed by atoms with Gasteiger partial charge in [-0.05, 0) is 31.1 Å². The smallest absolute Gasteiger partial charge is 0.0596 e. The normalized spacial score (nSPS) is 23.8. The van der Waals surface area contributed by atoms with Crippen molar-refractivity contribution >= 4 is 0 Å². The Balaban J connectivity index is 2.26. The summed E-state index contributed by atoms with van der Waals surface area (Å²) in [6, 6.07) is 0. The third-order valence-corrected chi connectivity index (χ3v) is 2.75. The van der Waals surface area contributed by atoms with Crippen LogP contribution in [0.15, 0.2) is 12.7 Å². The van der Waals surface area contributed by atoms with Gasteiger partial charge in [0.2, 0.25) is 0 Å². The van der Waals surface area contributed by atoms with E-state index in [1.807, 2.05) is 6.08 Å². The Morgan fingerprint density at radius 3 is 2.64 bits per heavy atom. The molecule has 1 rings (SSSR count). The molecular weight excluding hydrogens is 136 g/mol. The Labute approximate surface area is 69.1 Å². The lowest BCUT2D eigenvalue weighted by molar-refractivity contribution is 0.0218. The fourth-order valence-corrected chi connectivity index (χ4v) is 1.65. The predicted molar refractivity (Wildman–Crippen MR) is 47.3 cm³/mol. The van der Waals surface area contributed by atoms with Crippen LogP contribution >= 0.6 is 0 Å². The first-order chi connectivity index (χ1) is 5.25. The molecule has 0 amide bonds. The van der Waals surface area contributed by atoms with Gasteiger partial charge in [0.25, 0.3) is 0 Å². The van der Waals surface area contributed by atoms with Crippen LogP contribution < -0.4 is 0 Å². The standard InChI is InChI=1S/C10H18O/c1-3-5-8(2)10(11)9-6-4-7-9/h3,8-11H,1,4-7H2,2H3/t8-,10-/m1/s1. The van der Waals surface area contributed by atoms with Gasteiger partial charge < -0.3 is 5.11 Å². The first-order valence-electron chi connectivity index (χ1n) is 4.54. The Morgan fingerprint density at radius 2 is 2.27 bits per heavy atom. The van der Waals surface area contributed by atoms with Crippen LogP contribution in [0.5, 0.6) is 0 Å². The molecule has 1 heteroatoms. The first-order valence-corrected chi connectivity index (χ1v) is 4.54. The lowest BCUT2D eigenvalue weighted by Gasteiger charge is -2.33. The van der Waals surface area contributed by atoms with Gasteiger partial charge in [0.05, 0.1) is 6.10 Å². The molecule has 11 heavy (non-hydrogen) atoms. The van der Waals surface area contributed by atoms with Gasteiger partial charge in [-0.15, -0.1) is 6.58 Å². The highest BCUT2D eigenvalue weighted by atomic mass is 16.3. The summed E-state index contributed by atoms with van der Waals surface area (Å²) in [6.45, 7) is 5.78. The van der Waals surface area contributed by atoms with Crippen molar-refractivity contribution in [1.29, 1.82) is 0 Å². The minimum absolute atomic E-state index is 0.0817. The average molecular weight is 154 g/mol. The Morgan fingerprint density at radius 1 is 1.64 bits per heavy atom. The van der Waals surface area contributed by atoms with Crippen molar-refractivity contribution in [2.75, 3.05) is 0 Å². The van der Waals surface area contributed by atoms with Crippen LogP contribution in [0.25, 0.3) is 0 Å². The third-order valence-electron chi connectivity index (χ3n) is 2.75. The summed E-state index contributed by atoms with van der Waals surface area (Å²) >= 11 is 0. The molecule has 0 aromatic carbocycles. The van der Waals surface area contributed by atoms with Crippen molar-refractivity contribution in [2.45, 2.75) is 38.7 Å². The number of aliphatic hydroxyl groups is 1. The van der Waals surface area contributed by atoms with Gasteiger partial charge in [-0.25, -0.2) is 0 Å². The highest BCUT2D eigenvalue weighted by molar-refractivity contribution is 4.83. The second kappa shape index (κ2) is 3.91. The van der Waals surface area contributed by atoms with Gasteiger partial charge in [-0.3, -0.25) is 0 Å². The zero-order valence-electron chi connectivity index (χ0n) is 7.29. The van der Waals surface area contributed by atoms with Gasteiger partial charge in [0, 0.05) is 0 Å². The summed E-state index contributed by atoms with van der Waals surface area (Å²) in [7, 11) is 0. The topological polar surface area (TPSA) is 20.2 Å². The molecule has 0 radical (unpaired) electrons. The fraction of sp³-hybridized carbons (Fsp3) is 0.800. The van der Waals surface area contributed by atoms with Crippen molar-refractivity contribution in [2.24, 2.45) is 11.8 Å². The monoisotopic (exact) mass is 154 g/mol. The summed E-state index contributed by atoms with van der Waals surface area (Å²) in [5.74, 6) is 0.989. The minimum Gasteiger partial charge on any atom is -0.393 e. The van der Waals surface area contributed by atoms with E-state index in [0.717, 1.165) is 6.42 Å². The maximum Gasteiger partial charge on any atom is 0.0596 e. The third kappa shape index (κ3) is 2.06. The number of hydrogen-bond acceptors (Lipinski definition) is 1. The molecule has 1 aliphatic rings. The molecule has 0 aromatic heterocycles. The molecule has 1 nitrogen and oxygen atoms in total. The number of rotatable bonds is 4. The molecule has 0 aromatic rings. The SMILES string of the molecule is C=CC[C@@H](C)[C@@H](O)C1CCC1. The van der Waals surface area contributed by atoms with Crippen LogP contribution in [-0.2, 0) is 0 Å². The average Bonchev–Trinajstić information content (AvgIpc) is 1.84. The molecule has 64 valence electrons. The number of hydrogen-bond donors (Lipinski definition) is 1. The molecule has 1 aliphatic carbocycles. The maximum absolute atomic E-state index is 9.72. The molecule has 1 N–H and O–H groups in total. The minimum atomic E-state index is -0.0817. The van der Waals surface area contributed by atoms with E-state index in [-0.39, 0.29) is 6.10 Å². The van der Waals surface area contributed by atoms with Gasteiger partial charge in [0.15, 0.2) is 0 Å². The lowest BCUT2D eigenvalue weighted by Crippen LogP contribution is -2.31. The second-order valence-corrected chi connectivity index (χ2v) is 3.68. The second-order valence-electron chi connectivity index (χ2n) is 3.68. The van der Waals surface area contributed by atoms with E-state index in [2.05, 4.69) is 13.5 Å². The molecule has 0 aliphatic heterocycles. The molecule has 1 fully saturated rings. The van der Waals surface area contributed by atoms with Crippen LogP contribution in [0.1, 0.15) is 32.6 Å². The van der Waals surface area contributed by atoms with Crippen molar-refractivity contribution in [3.05, 3.63) is 12.7 Å². The molecule has 0 unspecified atom stereocenters. The molecule has 0 bridgehead atoms. The van der Waals surface area contributed by atoms with Gasteiger partial charge in [0.1, 0.15) is 0 Å². The Bertz CT molecular complexity index is 127. The summed E-state index contributed by atoms with van der Waals surface area (Å²) in [5.41, 5.74) is 0. The van der Waals surface area contributed by atoms with Gasteiger partial charge in [-0.2, -0.15) is 0 Å². The van der Waals surface area contributed by atoms with E-state index in [4.69, 9.17) is 0 Å². The largest absolute Gasteiger partial charge is 0.393 e. The van der Waals surface area contributed by atoms with Crippen LogP contribution in [-0.4, -0.2) is 11.2 Å². The van der Waals surface area contributed by atoms with E-state index < -0.39 is 0 Å². The molecule has 1 saturated carbocycles. The van der Waals surface area contributed by atoms with Crippen LogP contribution in [0, 0.1) is 11.8 Å². The Kier molecular flexibility index (Phi) is 3.13. The quantitative estimate of drug-likeness (QED) is 0.616. The van der Waals surface area contributed by atoms with Crippen LogP contribution in [0.3, 0.4) is 0 Å². The predicted octanol–water partition coefficient (Wildman–Crippen LogP) is 2.36. The van der Waals surface area contributed by atoms with E-state index in [9.17, 15) is 5.11 Å². The summed E-state index contributed by atoms with van der Waals surface area (Å²) in [4.78, 5) is 0. The number of aliphatic hydroxyl groups excluding tert-OH is 1. The maximum atomic E-state index is 9.72. The van der Waals surface area contributed by atoms with E-state index >= 15 is 0 Å². The number of allylic oxidation sites excluding steroid dienone is 1. The molecule has 2 atom stereocenters. The van der Waals surface area contributed by atoms with E-state index in [0.29, 0.717) is 11.8 Å². The summed E-state index contributed by atoms with van der Waals surface area (Å²) < 4.78 is 0. The fourth-order valence-electron chi connectivity index (χ4n) is 1.65. The zero-order chi connectivity index (χ0) is 8.27. The van der Waals surface area contributed by atoms with Crippen LogP contribution in [0.4, 0.5) is 0 Å². The highest BCUT2D eigenvalue weighted by Crippen LogP contribution is 2.33. The summed E-state index contributed by atoms with van der Waals surface area (Å²) in [6.07, 6.45) is 6.51. The molecule has 0 heterocycles. The zero-order valence-corrected chi connectivity index (χ0v) is 7.29. The van der Waals surface area contributed by atoms with Crippen molar-refractivity contribution < 1.29 is 5.11 Å². The lowest BCUT2D eigenvalue weighted by atomic mass is 9.76. The first kappa shape index (κ1) is 8.79. The molecular formula is C10H18O. The molecule has 0 saturated heterocycles. The van der Waals surface area contributed by atoms with E-state index in [1.165, 1.54) is 19.3 Å². The summed E-state index contributed by atoms with van der Waals surface area (Å²) in [5, 5.41) is 9.72. The van der Waals surface area contributed by atoms with Gasteiger partial charge >= 0.3 is 0 Å². The van der Waals surface area contributed by atoms with E-state index in [1.54, 1.807) is 0 Å². The van der Waals surface area contributed by atoms with Crippen molar-refractivity contribution in [1.82, 2.24) is 0 Å². The highest BCUT2D eigenvalue weighted by Gasteiger charge is 2.28. The van der Waals surface area contributed by atoms with Crippen LogP contribution in [0.2, 0.25) is 0 Å². The molecule has 0 spiro atoms. The van der Waals surface area contributed by atoms with Gasteiger partial charge in [-0.1, -0.05) is 19.4 Å². The van der Waals surface area contributed by atoms with Crippen molar-refractivity contribution in [3.8, 4) is 0 Å². The van der Waals surface area contributed by atoms with Crippen molar-refractivity contribution in [3.63, 3.8) is 0 Å². The Hall–Kier alpha value is -0.300.